The highest BCUT2D eigenvalue weighted by atomic mass is 16.5. The van der Waals surface area contributed by atoms with Crippen molar-refractivity contribution in [2.45, 2.75) is 44.2 Å². The number of nitrogens with zero attached hydrogens (tertiary/aromatic N) is 3. The first-order valence-corrected chi connectivity index (χ1v) is 8.80. The average Bonchev–Trinajstić information content (AvgIpc) is 3.06. The topological polar surface area (TPSA) is 92.0 Å². The monoisotopic (exact) mass is 329 g/mol. The van der Waals surface area contributed by atoms with Crippen molar-refractivity contribution >= 4 is 0 Å². The summed E-state index contributed by atoms with van der Waals surface area (Å²) in [7, 11) is 0. The van der Waals surface area contributed by atoms with Crippen molar-refractivity contribution in [2.24, 2.45) is 11.5 Å². The van der Waals surface area contributed by atoms with Crippen molar-refractivity contribution in [2.75, 3.05) is 19.8 Å². The standard InChI is InChI=1S/C18H27N5O/c19-10-6-16(20)18-21-17(15-8-12-24-13-9-15)22-23(18)11-7-14-4-2-1-3-5-14/h1-5,15-16H,6-13,19-20H2/t16-/m0/s1. The summed E-state index contributed by atoms with van der Waals surface area (Å²) in [6.07, 6.45) is 3.60. The van der Waals surface area contributed by atoms with E-state index in [0.717, 1.165) is 57.1 Å². The SMILES string of the molecule is NCC[C@H](N)c1nc(C2CCOCC2)nn1CCc1ccccc1. The fourth-order valence-electron chi connectivity index (χ4n) is 3.13. The molecule has 1 aliphatic heterocycles. The van der Waals surface area contributed by atoms with E-state index in [2.05, 4.69) is 24.3 Å². The largest absolute Gasteiger partial charge is 0.381 e. The smallest absolute Gasteiger partial charge is 0.154 e. The minimum atomic E-state index is -0.160. The Morgan fingerprint density at radius 1 is 1.21 bits per heavy atom. The molecule has 130 valence electrons. The second-order valence-electron chi connectivity index (χ2n) is 6.36. The number of hydrogen-bond donors (Lipinski definition) is 2. The fourth-order valence-corrected chi connectivity index (χ4v) is 3.13. The second kappa shape index (κ2) is 8.37. The third kappa shape index (κ3) is 4.20. The van der Waals surface area contributed by atoms with Gasteiger partial charge in [0.1, 0.15) is 5.82 Å². The predicted molar refractivity (Wildman–Crippen MR) is 93.6 cm³/mol. The number of hydrogen-bond acceptors (Lipinski definition) is 5. The lowest BCUT2D eigenvalue weighted by Gasteiger charge is -2.18. The Labute approximate surface area is 143 Å². The minimum Gasteiger partial charge on any atom is -0.381 e. The van der Waals surface area contributed by atoms with Crippen molar-refractivity contribution < 1.29 is 4.74 Å². The van der Waals surface area contributed by atoms with Gasteiger partial charge in [0.2, 0.25) is 0 Å². The molecule has 1 aromatic carbocycles. The van der Waals surface area contributed by atoms with E-state index in [1.54, 1.807) is 0 Å². The maximum atomic E-state index is 6.29. The summed E-state index contributed by atoms with van der Waals surface area (Å²) in [6.45, 7) is 2.91. The molecular weight excluding hydrogens is 302 g/mol. The van der Waals surface area contributed by atoms with Gasteiger partial charge in [-0.3, -0.25) is 0 Å². The van der Waals surface area contributed by atoms with E-state index >= 15 is 0 Å². The third-order valence-corrected chi connectivity index (χ3v) is 4.57. The summed E-state index contributed by atoms with van der Waals surface area (Å²) in [4.78, 5) is 4.78. The van der Waals surface area contributed by atoms with Gasteiger partial charge in [0.15, 0.2) is 5.82 Å². The van der Waals surface area contributed by atoms with Crippen LogP contribution < -0.4 is 11.5 Å². The molecule has 0 amide bonds. The Balaban J connectivity index is 1.77. The molecule has 2 heterocycles. The van der Waals surface area contributed by atoms with E-state index in [4.69, 9.17) is 26.3 Å². The van der Waals surface area contributed by atoms with Crippen LogP contribution in [0.1, 0.15) is 48.4 Å². The number of ether oxygens (including phenoxy) is 1. The zero-order chi connectivity index (χ0) is 16.8. The van der Waals surface area contributed by atoms with E-state index in [9.17, 15) is 0 Å². The molecule has 0 bridgehead atoms. The van der Waals surface area contributed by atoms with Gasteiger partial charge in [0, 0.05) is 25.7 Å². The summed E-state index contributed by atoms with van der Waals surface area (Å²) >= 11 is 0. The molecule has 3 rings (SSSR count). The van der Waals surface area contributed by atoms with Crippen LogP contribution in [0.4, 0.5) is 0 Å². The molecule has 1 atom stereocenters. The van der Waals surface area contributed by atoms with Crippen LogP contribution in [0.2, 0.25) is 0 Å². The van der Waals surface area contributed by atoms with E-state index < -0.39 is 0 Å². The van der Waals surface area contributed by atoms with Crippen LogP contribution in [0.25, 0.3) is 0 Å². The number of nitrogens with two attached hydrogens (primary N) is 2. The Morgan fingerprint density at radius 3 is 2.67 bits per heavy atom. The molecule has 0 saturated carbocycles. The van der Waals surface area contributed by atoms with Crippen molar-refractivity contribution in [1.29, 1.82) is 0 Å². The Morgan fingerprint density at radius 2 is 1.96 bits per heavy atom. The normalized spacial score (nSPS) is 17.1. The van der Waals surface area contributed by atoms with Crippen LogP contribution in [0.5, 0.6) is 0 Å². The number of rotatable bonds is 7. The molecule has 1 saturated heterocycles. The minimum absolute atomic E-state index is 0.160. The number of aromatic nitrogens is 3. The van der Waals surface area contributed by atoms with Gasteiger partial charge in [-0.1, -0.05) is 30.3 Å². The Bertz CT molecular complexity index is 622. The molecule has 1 aromatic heterocycles. The molecule has 4 N–H and O–H groups in total. The lowest BCUT2D eigenvalue weighted by atomic mass is 10.00. The summed E-state index contributed by atoms with van der Waals surface area (Å²) in [6, 6.07) is 10.3. The zero-order valence-electron chi connectivity index (χ0n) is 14.1. The van der Waals surface area contributed by atoms with Crippen molar-refractivity contribution in [1.82, 2.24) is 14.8 Å². The molecule has 2 aromatic rings. The van der Waals surface area contributed by atoms with Gasteiger partial charge in [-0.05, 0) is 37.8 Å². The molecule has 6 nitrogen and oxygen atoms in total. The predicted octanol–water partition coefficient (Wildman–Crippen LogP) is 1.76. The highest BCUT2D eigenvalue weighted by molar-refractivity contribution is 5.15. The van der Waals surface area contributed by atoms with Crippen LogP contribution in [0, 0.1) is 0 Å². The average molecular weight is 329 g/mol. The molecule has 24 heavy (non-hydrogen) atoms. The first kappa shape index (κ1) is 17.1. The van der Waals surface area contributed by atoms with E-state index in [0.29, 0.717) is 12.5 Å². The molecule has 6 heteroatoms. The molecule has 0 unspecified atom stereocenters. The number of aryl methyl sites for hydroxylation is 2. The number of benzene rings is 1. The lowest BCUT2D eigenvalue weighted by Crippen LogP contribution is -2.21. The zero-order valence-corrected chi connectivity index (χ0v) is 14.1. The van der Waals surface area contributed by atoms with Crippen LogP contribution in [0.15, 0.2) is 30.3 Å². The van der Waals surface area contributed by atoms with Gasteiger partial charge in [-0.15, -0.1) is 0 Å². The maximum absolute atomic E-state index is 6.29. The second-order valence-corrected chi connectivity index (χ2v) is 6.36. The Kier molecular flexibility index (Phi) is 5.96. The van der Waals surface area contributed by atoms with E-state index in [1.807, 2.05) is 10.7 Å². The van der Waals surface area contributed by atoms with Crippen molar-refractivity contribution in [3.8, 4) is 0 Å². The van der Waals surface area contributed by atoms with Crippen LogP contribution in [-0.4, -0.2) is 34.5 Å². The van der Waals surface area contributed by atoms with E-state index in [1.165, 1.54) is 5.56 Å². The van der Waals surface area contributed by atoms with Crippen molar-refractivity contribution in [3.63, 3.8) is 0 Å². The first-order valence-electron chi connectivity index (χ1n) is 8.80. The van der Waals surface area contributed by atoms with E-state index in [-0.39, 0.29) is 6.04 Å². The van der Waals surface area contributed by atoms with Gasteiger partial charge in [-0.25, -0.2) is 9.67 Å². The molecular formula is C18H27N5O. The van der Waals surface area contributed by atoms with Gasteiger partial charge in [0.25, 0.3) is 0 Å². The van der Waals surface area contributed by atoms with Crippen LogP contribution in [0.3, 0.4) is 0 Å². The summed E-state index contributed by atoms with van der Waals surface area (Å²) in [5.74, 6) is 2.15. The van der Waals surface area contributed by atoms with Crippen LogP contribution >= 0.6 is 0 Å². The molecule has 0 aliphatic carbocycles. The maximum Gasteiger partial charge on any atom is 0.154 e. The fraction of sp³-hybridized carbons (Fsp3) is 0.556. The quantitative estimate of drug-likeness (QED) is 0.807. The first-order chi connectivity index (χ1) is 11.8. The van der Waals surface area contributed by atoms with Gasteiger partial charge in [0.05, 0.1) is 6.04 Å². The van der Waals surface area contributed by atoms with Crippen LogP contribution in [-0.2, 0) is 17.7 Å². The summed E-state index contributed by atoms with van der Waals surface area (Å²) < 4.78 is 7.43. The Hall–Kier alpha value is -1.76. The van der Waals surface area contributed by atoms with Gasteiger partial charge < -0.3 is 16.2 Å². The molecule has 0 radical (unpaired) electrons. The van der Waals surface area contributed by atoms with Gasteiger partial charge in [-0.2, -0.15) is 5.10 Å². The van der Waals surface area contributed by atoms with Gasteiger partial charge >= 0.3 is 0 Å². The van der Waals surface area contributed by atoms with Crippen molar-refractivity contribution in [3.05, 3.63) is 47.5 Å². The lowest BCUT2D eigenvalue weighted by molar-refractivity contribution is 0.0835. The third-order valence-electron chi connectivity index (χ3n) is 4.57. The summed E-state index contributed by atoms with van der Waals surface area (Å²) in [5.41, 5.74) is 13.3. The highest BCUT2D eigenvalue weighted by Gasteiger charge is 2.24. The molecule has 0 spiro atoms. The highest BCUT2D eigenvalue weighted by Crippen LogP contribution is 2.25. The summed E-state index contributed by atoms with van der Waals surface area (Å²) in [5, 5.41) is 4.78. The molecule has 1 aliphatic rings. The molecule has 1 fully saturated rings.